The smallest absolute Gasteiger partial charge is 0.0136 e. The van der Waals surface area contributed by atoms with Gasteiger partial charge in [-0.05, 0) is 62.1 Å². The molecule has 1 atom stereocenters. The van der Waals surface area contributed by atoms with E-state index in [9.17, 15) is 0 Å². The van der Waals surface area contributed by atoms with Gasteiger partial charge in [0.25, 0.3) is 0 Å². The van der Waals surface area contributed by atoms with Crippen molar-refractivity contribution in [3.8, 4) is 0 Å². The molecule has 0 amide bonds. The molecule has 1 aromatic rings. The van der Waals surface area contributed by atoms with E-state index >= 15 is 0 Å². The van der Waals surface area contributed by atoms with Crippen molar-refractivity contribution in [1.82, 2.24) is 5.32 Å². The summed E-state index contributed by atoms with van der Waals surface area (Å²) in [6.07, 6.45) is 9.54. The lowest BCUT2D eigenvalue weighted by Crippen LogP contribution is -2.40. The Hall–Kier alpha value is -0.820. The molecule has 1 fully saturated rings. The van der Waals surface area contributed by atoms with Crippen LogP contribution in [0.15, 0.2) is 24.3 Å². The van der Waals surface area contributed by atoms with Crippen molar-refractivity contribution in [3.63, 3.8) is 0 Å². The third-order valence-electron chi connectivity index (χ3n) is 5.40. The standard InChI is InChI=1S/C20H33N/c1-4-14-21-20(15-19-9-7-6-8-16(19)3)18-12-10-17(5-2)11-13-18/h6-9,17-18,20-21H,4-5,10-15H2,1-3H3. The summed E-state index contributed by atoms with van der Waals surface area (Å²) in [4.78, 5) is 0. The molecule has 0 spiro atoms. The van der Waals surface area contributed by atoms with Crippen molar-refractivity contribution in [2.75, 3.05) is 6.54 Å². The topological polar surface area (TPSA) is 12.0 Å². The summed E-state index contributed by atoms with van der Waals surface area (Å²) in [5.74, 6) is 1.87. The van der Waals surface area contributed by atoms with Crippen molar-refractivity contribution >= 4 is 0 Å². The summed E-state index contributed by atoms with van der Waals surface area (Å²) < 4.78 is 0. The maximum absolute atomic E-state index is 3.85. The van der Waals surface area contributed by atoms with Gasteiger partial charge in [0, 0.05) is 6.04 Å². The first-order chi connectivity index (χ1) is 10.2. The molecule has 0 heterocycles. The fourth-order valence-corrected chi connectivity index (χ4v) is 3.81. The van der Waals surface area contributed by atoms with Crippen molar-refractivity contribution in [2.24, 2.45) is 11.8 Å². The van der Waals surface area contributed by atoms with Crippen molar-refractivity contribution in [3.05, 3.63) is 35.4 Å². The molecule has 1 aliphatic rings. The van der Waals surface area contributed by atoms with Crippen LogP contribution < -0.4 is 5.32 Å². The second-order valence-electron chi connectivity index (χ2n) is 6.88. The number of hydrogen-bond donors (Lipinski definition) is 1. The van der Waals surface area contributed by atoms with E-state index in [2.05, 4.69) is 50.4 Å². The van der Waals surface area contributed by atoms with E-state index < -0.39 is 0 Å². The van der Waals surface area contributed by atoms with E-state index in [1.54, 1.807) is 0 Å². The quantitative estimate of drug-likeness (QED) is 0.733. The van der Waals surface area contributed by atoms with Crippen LogP contribution in [-0.4, -0.2) is 12.6 Å². The molecule has 1 N–H and O–H groups in total. The molecular formula is C20H33N. The first kappa shape index (κ1) is 16.5. The van der Waals surface area contributed by atoms with Crippen molar-refractivity contribution in [1.29, 1.82) is 0 Å². The monoisotopic (exact) mass is 287 g/mol. The van der Waals surface area contributed by atoms with Crippen LogP contribution in [0.25, 0.3) is 0 Å². The Morgan fingerprint density at radius 3 is 2.43 bits per heavy atom. The van der Waals surface area contributed by atoms with Gasteiger partial charge in [-0.2, -0.15) is 0 Å². The second-order valence-corrected chi connectivity index (χ2v) is 6.88. The molecule has 0 aromatic heterocycles. The number of rotatable bonds is 7. The molecule has 2 rings (SSSR count). The number of hydrogen-bond acceptors (Lipinski definition) is 1. The van der Waals surface area contributed by atoms with Crippen LogP contribution in [0.1, 0.15) is 63.5 Å². The molecule has 21 heavy (non-hydrogen) atoms. The zero-order chi connectivity index (χ0) is 15.1. The number of aryl methyl sites for hydroxylation is 1. The second kappa shape index (κ2) is 8.58. The van der Waals surface area contributed by atoms with Gasteiger partial charge in [-0.15, -0.1) is 0 Å². The zero-order valence-electron chi connectivity index (χ0n) is 14.2. The predicted octanol–water partition coefficient (Wildman–Crippen LogP) is 5.12. The molecule has 1 heteroatoms. The van der Waals surface area contributed by atoms with Crippen LogP contribution in [0, 0.1) is 18.8 Å². The summed E-state index contributed by atoms with van der Waals surface area (Å²) in [5, 5.41) is 3.85. The summed E-state index contributed by atoms with van der Waals surface area (Å²) in [7, 11) is 0. The van der Waals surface area contributed by atoms with E-state index in [4.69, 9.17) is 0 Å². The van der Waals surface area contributed by atoms with Gasteiger partial charge < -0.3 is 5.32 Å². The Labute approximate surface area is 131 Å². The minimum absolute atomic E-state index is 0.670. The van der Waals surface area contributed by atoms with Gasteiger partial charge in [0.05, 0.1) is 0 Å². The minimum atomic E-state index is 0.670. The van der Waals surface area contributed by atoms with E-state index in [-0.39, 0.29) is 0 Å². The van der Waals surface area contributed by atoms with Gasteiger partial charge in [0.1, 0.15) is 0 Å². The highest BCUT2D eigenvalue weighted by atomic mass is 14.9. The molecular weight excluding hydrogens is 254 g/mol. The van der Waals surface area contributed by atoms with Gasteiger partial charge >= 0.3 is 0 Å². The van der Waals surface area contributed by atoms with Gasteiger partial charge in [0.2, 0.25) is 0 Å². The molecule has 1 aromatic carbocycles. The average Bonchev–Trinajstić information content (AvgIpc) is 2.53. The van der Waals surface area contributed by atoms with Crippen LogP contribution >= 0.6 is 0 Å². The molecule has 1 unspecified atom stereocenters. The molecule has 1 nitrogen and oxygen atoms in total. The maximum Gasteiger partial charge on any atom is 0.0136 e. The highest BCUT2D eigenvalue weighted by molar-refractivity contribution is 5.26. The third-order valence-corrected chi connectivity index (χ3v) is 5.40. The van der Waals surface area contributed by atoms with E-state index in [1.807, 2.05) is 0 Å². The van der Waals surface area contributed by atoms with Crippen LogP contribution in [0.4, 0.5) is 0 Å². The van der Waals surface area contributed by atoms with Crippen molar-refractivity contribution in [2.45, 2.75) is 71.8 Å². The van der Waals surface area contributed by atoms with E-state index in [1.165, 1.54) is 56.1 Å². The Kier molecular flexibility index (Phi) is 6.76. The first-order valence-electron chi connectivity index (χ1n) is 9.02. The fourth-order valence-electron chi connectivity index (χ4n) is 3.81. The molecule has 1 saturated carbocycles. The highest BCUT2D eigenvalue weighted by Crippen LogP contribution is 2.33. The molecule has 0 bridgehead atoms. The van der Waals surface area contributed by atoms with E-state index in [0.717, 1.165) is 18.4 Å². The van der Waals surface area contributed by atoms with Crippen LogP contribution in [0.3, 0.4) is 0 Å². The van der Waals surface area contributed by atoms with E-state index in [0.29, 0.717) is 6.04 Å². The first-order valence-corrected chi connectivity index (χ1v) is 9.02. The number of benzene rings is 1. The fraction of sp³-hybridized carbons (Fsp3) is 0.700. The normalized spacial score (nSPS) is 24.0. The lowest BCUT2D eigenvalue weighted by Gasteiger charge is -2.34. The average molecular weight is 287 g/mol. The Morgan fingerprint density at radius 2 is 1.81 bits per heavy atom. The molecule has 0 radical (unpaired) electrons. The minimum Gasteiger partial charge on any atom is -0.313 e. The largest absolute Gasteiger partial charge is 0.313 e. The van der Waals surface area contributed by atoms with Crippen LogP contribution in [0.5, 0.6) is 0 Å². The summed E-state index contributed by atoms with van der Waals surface area (Å²) in [6, 6.07) is 9.57. The van der Waals surface area contributed by atoms with Gasteiger partial charge in [-0.3, -0.25) is 0 Å². The van der Waals surface area contributed by atoms with Gasteiger partial charge in [0.15, 0.2) is 0 Å². The number of nitrogens with one attached hydrogen (secondary N) is 1. The van der Waals surface area contributed by atoms with Gasteiger partial charge in [-0.25, -0.2) is 0 Å². The summed E-state index contributed by atoms with van der Waals surface area (Å²) in [5.41, 5.74) is 2.98. The molecule has 0 aliphatic heterocycles. The van der Waals surface area contributed by atoms with Gasteiger partial charge in [-0.1, -0.05) is 57.4 Å². The summed E-state index contributed by atoms with van der Waals surface area (Å²) >= 11 is 0. The van der Waals surface area contributed by atoms with Crippen LogP contribution in [-0.2, 0) is 6.42 Å². The third kappa shape index (κ3) is 4.85. The predicted molar refractivity (Wildman–Crippen MR) is 92.7 cm³/mol. The Morgan fingerprint density at radius 1 is 1.10 bits per heavy atom. The maximum atomic E-state index is 3.85. The Bertz CT molecular complexity index is 404. The highest BCUT2D eigenvalue weighted by Gasteiger charge is 2.26. The molecule has 1 aliphatic carbocycles. The lowest BCUT2D eigenvalue weighted by molar-refractivity contribution is 0.216. The summed E-state index contributed by atoms with van der Waals surface area (Å²) in [6.45, 7) is 8.03. The Balaban J connectivity index is 1.99. The molecule has 118 valence electrons. The van der Waals surface area contributed by atoms with Crippen LogP contribution in [0.2, 0.25) is 0 Å². The lowest BCUT2D eigenvalue weighted by atomic mass is 9.76. The zero-order valence-corrected chi connectivity index (χ0v) is 14.2. The SMILES string of the molecule is CCCNC(Cc1ccccc1C)C1CCC(CC)CC1. The molecule has 0 saturated heterocycles. The van der Waals surface area contributed by atoms with Crippen molar-refractivity contribution < 1.29 is 0 Å².